The Hall–Kier alpha value is -1.08. The molecule has 21 heavy (non-hydrogen) atoms. The maximum Gasteiger partial charge on any atom is 0.161 e. The van der Waals surface area contributed by atoms with Crippen molar-refractivity contribution in [2.24, 2.45) is 5.84 Å². The molecule has 114 valence electrons. The van der Waals surface area contributed by atoms with Crippen LogP contribution in [0.15, 0.2) is 28.9 Å². The minimum absolute atomic E-state index is 0.249. The van der Waals surface area contributed by atoms with Crippen LogP contribution >= 0.6 is 27.5 Å². The third-order valence-corrected chi connectivity index (χ3v) is 4.14. The van der Waals surface area contributed by atoms with E-state index >= 15 is 0 Å². The quantitative estimate of drug-likeness (QED) is 0.602. The molecule has 0 aliphatic rings. The number of aromatic nitrogens is 2. The van der Waals surface area contributed by atoms with Crippen LogP contribution in [-0.4, -0.2) is 16.9 Å². The minimum Gasteiger partial charge on any atom is -0.493 e. The maximum absolute atomic E-state index is 6.01. The molecular formula is C14H18BrClN4O. The first kappa shape index (κ1) is 16.3. The fourth-order valence-corrected chi connectivity index (χ4v) is 3.18. The smallest absolute Gasteiger partial charge is 0.161 e. The summed E-state index contributed by atoms with van der Waals surface area (Å²) in [6, 6.07) is 5.35. The molecule has 5 nitrogen and oxygen atoms in total. The van der Waals surface area contributed by atoms with Gasteiger partial charge in [-0.25, -0.2) is 5.43 Å². The van der Waals surface area contributed by atoms with E-state index < -0.39 is 0 Å². The zero-order valence-corrected chi connectivity index (χ0v) is 14.3. The van der Waals surface area contributed by atoms with Crippen molar-refractivity contribution >= 4 is 27.5 Å². The molecule has 0 aliphatic carbocycles. The zero-order chi connectivity index (χ0) is 15.4. The topological polar surface area (TPSA) is 65.1 Å². The summed E-state index contributed by atoms with van der Waals surface area (Å²) in [6.07, 6.45) is 2.68. The highest BCUT2D eigenvalue weighted by atomic mass is 79.9. The Morgan fingerprint density at radius 2 is 2.29 bits per heavy atom. The van der Waals surface area contributed by atoms with Gasteiger partial charge in [0.15, 0.2) is 5.75 Å². The molecular weight excluding hydrogens is 356 g/mol. The summed E-state index contributed by atoms with van der Waals surface area (Å²) in [5, 5.41) is 5.04. The Balaban J connectivity index is 2.52. The van der Waals surface area contributed by atoms with Gasteiger partial charge >= 0.3 is 0 Å². The normalized spacial score (nSPS) is 12.4. The van der Waals surface area contributed by atoms with Gasteiger partial charge < -0.3 is 4.74 Å². The van der Waals surface area contributed by atoms with Crippen LogP contribution in [-0.2, 0) is 6.54 Å². The van der Waals surface area contributed by atoms with Gasteiger partial charge in [0.25, 0.3) is 0 Å². The number of nitrogens with zero attached hydrogens (tertiary/aromatic N) is 2. The summed E-state index contributed by atoms with van der Waals surface area (Å²) in [6.45, 7) is 2.89. The van der Waals surface area contributed by atoms with E-state index in [2.05, 4.69) is 33.4 Å². The van der Waals surface area contributed by atoms with Gasteiger partial charge in [-0.2, -0.15) is 5.10 Å². The second kappa shape index (κ2) is 7.26. The Kier molecular flexibility index (Phi) is 5.64. The van der Waals surface area contributed by atoms with Gasteiger partial charge in [0.2, 0.25) is 0 Å². The Morgan fingerprint density at radius 1 is 1.52 bits per heavy atom. The first-order valence-electron chi connectivity index (χ1n) is 6.63. The number of hydrogen-bond donors (Lipinski definition) is 2. The molecule has 2 rings (SSSR count). The molecule has 1 aromatic heterocycles. The lowest BCUT2D eigenvalue weighted by Crippen LogP contribution is -2.31. The van der Waals surface area contributed by atoms with Crippen LogP contribution in [0.1, 0.15) is 30.6 Å². The summed E-state index contributed by atoms with van der Waals surface area (Å²) < 4.78 is 8.21. The third-order valence-electron chi connectivity index (χ3n) is 3.21. The molecule has 1 heterocycles. The number of hydrazine groups is 1. The van der Waals surface area contributed by atoms with Crippen LogP contribution in [0.2, 0.25) is 5.02 Å². The third kappa shape index (κ3) is 3.40. The number of rotatable bonds is 6. The van der Waals surface area contributed by atoms with Crippen LogP contribution in [0.25, 0.3) is 0 Å². The first-order chi connectivity index (χ1) is 10.1. The Morgan fingerprint density at radius 3 is 2.86 bits per heavy atom. The summed E-state index contributed by atoms with van der Waals surface area (Å²) >= 11 is 9.54. The second-order valence-corrected chi connectivity index (χ2v) is 5.88. The van der Waals surface area contributed by atoms with Crippen LogP contribution in [0.4, 0.5) is 0 Å². The van der Waals surface area contributed by atoms with Crippen molar-refractivity contribution < 1.29 is 4.74 Å². The molecule has 1 unspecified atom stereocenters. The van der Waals surface area contributed by atoms with E-state index in [1.807, 2.05) is 22.9 Å². The average molecular weight is 374 g/mol. The minimum atomic E-state index is -0.249. The van der Waals surface area contributed by atoms with E-state index in [-0.39, 0.29) is 6.04 Å². The van der Waals surface area contributed by atoms with Gasteiger partial charge in [0, 0.05) is 16.0 Å². The van der Waals surface area contributed by atoms with Gasteiger partial charge in [-0.1, -0.05) is 40.5 Å². The van der Waals surface area contributed by atoms with Crippen LogP contribution in [0.5, 0.6) is 5.75 Å². The van der Waals surface area contributed by atoms with Crippen LogP contribution in [0, 0.1) is 0 Å². The Bertz CT molecular complexity index is 617. The Labute approximate surface area is 137 Å². The number of ether oxygens (including phenoxy) is 1. The van der Waals surface area contributed by atoms with E-state index in [1.165, 1.54) is 0 Å². The van der Waals surface area contributed by atoms with Gasteiger partial charge in [-0.15, -0.1) is 0 Å². The van der Waals surface area contributed by atoms with Gasteiger partial charge in [0.1, 0.15) is 5.69 Å². The van der Waals surface area contributed by atoms with E-state index in [9.17, 15) is 0 Å². The monoisotopic (exact) mass is 372 g/mol. The standard InChI is InChI=1S/C14H18BrClN4O/c1-3-6-20-14(12(21-2)8-18-20)13(19-17)10-5-4-9(16)7-11(10)15/h4-5,7-8,13,19H,3,6,17H2,1-2H3. The molecule has 1 atom stereocenters. The van der Waals surface area contributed by atoms with Crippen LogP contribution in [0.3, 0.4) is 0 Å². The van der Waals surface area contributed by atoms with Crippen molar-refractivity contribution in [2.75, 3.05) is 7.11 Å². The first-order valence-corrected chi connectivity index (χ1v) is 7.80. The van der Waals surface area contributed by atoms with Crippen molar-refractivity contribution in [3.63, 3.8) is 0 Å². The molecule has 0 aliphatic heterocycles. The number of nitrogens with one attached hydrogen (secondary N) is 1. The lowest BCUT2D eigenvalue weighted by molar-refractivity contribution is 0.398. The fourth-order valence-electron chi connectivity index (χ4n) is 2.27. The highest BCUT2D eigenvalue weighted by Gasteiger charge is 2.24. The molecule has 2 aromatic rings. The molecule has 1 aromatic carbocycles. The SMILES string of the molecule is CCCn1ncc(OC)c1C(NN)c1ccc(Cl)cc1Br. The lowest BCUT2D eigenvalue weighted by Gasteiger charge is -2.20. The van der Waals surface area contributed by atoms with E-state index in [4.69, 9.17) is 22.2 Å². The van der Waals surface area contributed by atoms with E-state index in [0.717, 1.165) is 28.7 Å². The molecule has 0 saturated carbocycles. The van der Waals surface area contributed by atoms with Crippen molar-refractivity contribution in [2.45, 2.75) is 25.9 Å². The number of methoxy groups -OCH3 is 1. The zero-order valence-electron chi connectivity index (χ0n) is 11.9. The lowest BCUT2D eigenvalue weighted by atomic mass is 10.0. The number of halogens is 2. The number of hydrogen-bond acceptors (Lipinski definition) is 4. The van der Waals surface area contributed by atoms with Crippen molar-refractivity contribution in [3.8, 4) is 5.75 Å². The average Bonchev–Trinajstić information content (AvgIpc) is 2.85. The number of nitrogens with two attached hydrogens (primary N) is 1. The van der Waals surface area contributed by atoms with Gasteiger partial charge in [-0.3, -0.25) is 10.5 Å². The molecule has 0 fully saturated rings. The summed E-state index contributed by atoms with van der Waals surface area (Å²) in [7, 11) is 1.63. The summed E-state index contributed by atoms with van der Waals surface area (Å²) in [5.74, 6) is 6.49. The largest absolute Gasteiger partial charge is 0.493 e. The van der Waals surface area contributed by atoms with Crippen molar-refractivity contribution in [1.29, 1.82) is 0 Å². The van der Waals surface area contributed by atoms with Crippen LogP contribution < -0.4 is 16.0 Å². The molecule has 0 radical (unpaired) electrons. The second-order valence-electron chi connectivity index (χ2n) is 4.59. The van der Waals surface area contributed by atoms with E-state index in [1.54, 1.807) is 13.3 Å². The number of benzene rings is 1. The molecule has 0 saturated heterocycles. The van der Waals surface area contributed by atoms with Gasteiger partial charge in [-0.05, 0) is 24.1 Å². The van der Waals surface area contributed by atoms with Gasteiger partial charge in [0.05, 0.1) is 19.3 Å². The van der Waals surface area contributed by atoms with E-state index in [0.29, 0.717) is 10.8 Å². The summed E-state index contributed by atoms with van der Waals surface area (Å²) in [4.78, 5) is 0. The predicted molar refractivity (Wildman–Crippen MR) is 87.4 cm³/mol. The summed E-state index contributed by atoms with van der Waals surface area (Å²) in [5.41, 5.74) is 4.70. The van der Waals surface area contributed by atoms with Crippen molar-refractivity contribution in [1.82, 2.24) is 15.2 Å². The molecule has 3 N–H and O–H groups in total. The predicted octanol–water partition coefficient (Wildman–Crippen LogP) is 3.27. The molecule has 0 spiro atoms. The maximum atomic E-state index is 6.01. The van der Waals surface area contributed by atoms with Crippen molar-refractivity contribution in [3.05, 3.63) is 45.1 Å². The number of aryl methyl sites for hydroxylation is 1. The fraction of sp³-hybridized carbons (Fsp3) is 0.357. The molecule has 0 amide bonds. The highest BCUT2D eigenvalue weighted by Crippen LogP contribution is 2.34. The molecule has 0 bridgehead atoms. The molecule has 7 heteroatoms. The highest BCUT2D eigenvalue weighted by molar-refractivity contribution is 9.10.